The van der Waals surface area contributed by atoms with Crippen LogP contribution in [0.4, 0.5) is 4.79 Å². The van der Waals surface area contributed by atoms with Gasteiger partial charge in [0.2, 0.25) is 0 Å². The summed E-state index contributed by atoms with van der Waals surface area (Å²) in [6.45, 7) is 9.60. The average molecular weight is 256 g/mol. The zero-order chi connectivity index (χ0) is 13.9. The van der Waals surface area contributed by atoms with Gasteiger partial charge in [-0.1, -0.05) is 0 Å². The number of carbonyl (C=O) groups is 1. The lowest BCUT2D eigenvalue weighted by atomic mass is 9.91. The number of carbonyl (C=O) groups excluding carboxylic acids is 1. The minimum atomic E-state index is -0.406. The van der Waals surface area contributed by atoms with Crippen molar-refractivity contribution in [2.45, 2.75) is 52.2 Å². The molecule has 18 heavy (non-hydrogen) atoms. The SMILES string of the molecule is C[C@H]([C@H]1CCCN(C(=O)OC(C)(C)C)C1)N(C)C. The Morgan fingerprint density at radius 1 is 1.39 bits per heavy atom. The highest BCUT2D eigenvalue weighted by Gasteiger charge is 2.30. The van der Waals surface area contributed by atoms with Gasteiger partial charge in [0.05, 0.1) is 0 Å². The molecule has 1 aliphatic rings. The van der Waals surface area contributed by atoms with Crippen molar-refractivity contribution in [1.82, 2.24) is 9.80 Å². The molecule has 0 aromatic rings. The van der Waals surface area contributed by atoms with Gasteiger partial charge in [-0.2, -0.15) is 0 Å². The number of nitrogens with zero attached hydrogens (tertiary/aromatic N) is 2. The molecule has 1 fully saturated rings. The molecule has 106 valence electrons. The second-order valence-electron chi connectivity index (χ2n) is 6.53. The molecular formula is C14H28N2O2. The first-order chi connectivity index (χ1) is 8.20. The molecular weight excluding hydrogens is 228 g/mol. The quantitative estimate of drug-likeness (QED) is 0.761. The smallest absolute Gasteiger partial charge is 0.410 e. The zero-order valence-corrected chi connectivity index (χ0v) is 12.7. The van der Waals surface area contributed by atoms with Crippen molar-refractivity contribution in [2.24, 2.45) is 5.92 Å². The molecule has 0 bridgehead atoms. The Morgan fingerprint density at radius 2 is 2.00 bits per heavy atom. The normalized spacial score (nSPS) is 23.1. The van der Waals surface area contributed by atoms with Crippen LogP contribution in [-0.4, -0.2) is 54.7 Å². The molecule has 4 nitrogen and oxygen atoms in total. The van der Waals surface area contributed by atoms with E-state index in [-0.39, 0.29) is 6.09 Å². The summed E-state index contributed by atoms with van der Waals surface area (Å²) >= 11 is 0. The maximum Gasteiger partial charge on any atom is 0.410 e. The van der Waals surface area contributed by atoms with Crippen LogP contribution >= 0.6 is 0 Å². The van der Waals surface area contributed by atoms with Gasteiger partial charge in [-0.05, 0) is 60.5 Å². The number of amides is 1. The van der Waals surface area contributed by atoms with Gasteiger partial charge in [0.15, 0.2) is 0 Å². The Hall–Kier alpha value is -0.770. The van der Waals surface area contributed by atoms with Gasteiger partial charge in [0.25, 0.3) is 0 Å². The average Bonchev–Trinajstić information content (AvgIpc) is 2.25. The second kappa shape index (κ2) is 5.91. The first-order valence-electron chi connectivity index (χ1n) is 6.85. The van der Waals surface area contributed by atoms with Gasteiger partial charge in [0.1, 0.15) is 5.60 Å². The molecule has 0 radical (unpaired) electrons. The summed E-state index contributed by atoms with van der Waals surface area (Å²) in [6, 6.07) is 0.496. The number of hydrogen-bond donors (Lipinski definition) is 0. The van der Waals surface area contributed by atoms with Gasteiger partial charge in [-0.25, -0.2) is 4.79 Å². The van der Waals surface area contributed by atoms with Gasteiger partial charge >= 0.3 is 6.09 Å². The van der Waals surface area contributed by atoms with Gasteiger partial charge < -0.3 is 14.5 Å². The Bertz CT molecular complexity index is 284. The van der Waals surface area contributed by atoms with Crippen LogP contribution in [0.2, 0.25) is 0 Å². The summed E-state index contributed by atoms with van der Waals surface area (Å²) in [5.41, 5.74) is -0.406. The van der Waals surface area contributed by atoms with E-state index < -0.39 is 5.60 Å². The van der Waals surface area contributed by atoms with E-state index >= 15 is 0 Å². The highest BCUT2D eigenvalue weighted by atomic mass is 16.6. The summed E-state index contributed by atoms with van der Waals surface area (Å²) in [4.78, 5) is 16.1. The standard InChI is InChI=1S/C14H28N2O2/c1-11(15(5)6)12-8-7-9-16(10-12)13(17)18-14(2,3)4/h11-12H,7-10H2,1-6H3/t11-,12+/m1/s1. The van der Waals surface area contributed by atoms with Crippen molar-refractivity contribution in [3.63, 3.8) is 0 Å². The van der Waals surface area contributed by atoms with E-state index in [0.717, 1.165) is 19.5 Å². The van der Waals surface area contributed by atoms with Crippen molar-refractivity contribution < 1.29 is 9.53 Å². The van der Waals surface area contributed by atoms with Gasteiger partial charge in [-0.3, -0.25) is 0 Å². The molecule has 0 saturated carbocycles. The zero-order valence-electron chi connectivity index (χ0n) is 12.7. The topological polar surface area (TPSA) is 32.8 Å². The molecule has 0 unspecified atom stereocenters. The number of piperidine rings is 1. The van der Waals surface area contributed by atoms with E-state index in [4.69, 9.17) is 4.74 Å². The lowest BCUT2D eigenvalue weighted by molar-refractivity contribution is 0.0119. The van der Waals surface area contributed by atoms with Gasteiger partial charge in [0, 0.05) is 19.1 Å². The van der Waals surface area contributed by atoms with E-state index in [0.29, 0.717) is 12.0 Å². The molecule has 1 aliphatic heterocycles. The Morgan fingerprint density at radius 3 is 2.50 bits per heavy atom. The minimum Gasteiger partial charge on any atom is -0.444 e. The molecule has 1 saturated heterocycles. The predicted octanol–water partition coefficient (Wildman–Crippen LogP) is 2.58. The van der Waals surface area contributed by atoms with Crippen molar-refractivity contribution >= 4 is 6.09 Å². The van der Waals surface area contributed by atoms with Crippen LogP contribution in [-0.2, 0) is 4.74 Å². The predicted molar refractivity (Wildman–Crippen MR) is 73.7 cm³/mol. The Labute approximate surface area is 111 Å². The molecule has 2 atom stereocenters. The fraction of sp³-hybridized carbons (Fsp3) is 0.929. The molecule has 0 aromatic heterocycles. The highest BCUT2D eigenvalue weighted by Crippen LogP contribution is 2.23. The summed E-state index contributed by atoms with van der Waals surface area (Å²) in [7, 11) is 4.19. The monoisotopic (exact) mass is 256 g/mol. The molecule has 1 amide bonds. The fourth-order valence-corrected chi connectivity index (χ4v) is 2.32. The second-order valence-corrected chi connectivity index (χ2v) is 6.53. The maximum absolute atomic E-state index is 12.0. The van der Waals surface area contributed by atoms with Crippen molar-refractivity contribution in [3.8, 4) is 0 Å². The number of ether oxygens (including phenoxy) is 1. The third kappa shape index (κ3) is 4.48. The minimum absolute atomic E-state index is 0.168. The first kappa shape index (κ1) is 15.3. The van der Waals surface area contributed by atoms with Crippen LogP contribution in [0.15, 0.2) is 0 Å². The molecule has 4 heteroatoms. The number of likely N-dealkylation sites (tertiary alicyclic amines) is 1. The largest absolute Gasteiger partial charge is 0.444 e. The van der Waals surface area contributed by atoms with Crippen LogP contribution in [0.3, 0.4) is 0 Å². The van der Waals surface area contributed by atoms with E-state index in [1.807, 2.05) is 25.7 Å². The molecule has 0 aliphatic carbocycles. The molecule has 0 aromatic carbocycles. The summed E-state index contributed by atoms with van der Waals surface area (Å²) in [6.07, 6.45) is 2.10. The van der Waals surface area contributed by atoms with Crippen LogP contribution in [0, 0.1) is 5.92 Å². The lowest BCUT2D eigenvalue weighted by Gasteiger charge is -2.38. The fourth-order valence-electron chi connectivity index (χ4n) is 2.32. The van der Waals surface area contributed by atoms with Crippen LogP contribution in [0.25, 0.3) is 0 Å². The van der Waals surface area contributed by atoms with E-state index in [9.17, 15) is 4.79 Å². The van der Waals surface area contributed by atoms with E-state index in [1.165, 1.54) is 6.42 Å². The van der Waals surface area contributed by atoms with Crippen molar-refractivity contribution in [2.75, 3.05) is 27.2 Å². The maximum atomic E-state index is 12.0. The van der Waals surface area contributed by atoms with Crippen molar-refractivity contribution in [3.05, 3.63) is 0 Å². The third-order valence-electron chi connectivity index (χ3n) is 3.61. The highest BCUT2D eigenvalue weighted by molar-refractivity contribution is 5.68. The number of rotatable bonds is 2. The summed E-state index contributed by atoms with van der Waals surface area (Å²) in [5, 5.41) is 0. The van der Waals surface area contributed by atoms with Crippen LogP contribution < -0.4 is 0 Å². The molecule has 1 rings (SSSR count). The summed E-state index contributed by atoms with van der Waals surface area (Å²) < 4.78 is 5.44. The van der Waals surface area contributed by atoms with Crippen LogP contribution in [0.1, 0.15) is 40.5 Å². The molecule has 1 heterocycles. The van der Waals surface area contributed by atoms with Crippen molar-refractivity contribution in [1.29, 1.82) is 0 Å². The third-order valence-corrected chi connectivity index (χ3v) is 3.61. The van der Waals surface area contributed by atoms with E-state index in [1.54, 1.807) is 0 Å². The van der Waals surface area contributed by atoms with Crippen LogP contribution in [0.5, 0.6) is 0 Å². The lowest BCUT2D eigenvalue weighted by Crippen LogP contribution is -2.47. The first-order valence-corrected chi connectivity index (χ1v) is 6.85. The van der Waals surface area contributed by atoms with Gasteiger partial charge in [-0.15, -0.1) is 0 Å². The Balaban J connectivity index is 2.56. The Kier molecular flexibility index (Phi) is 5.02. The molecule has 0 N–H and O–H groups in total. The summed E-state index contributed by atoms with van der Waals surface area (Å²) in [5.74, 6) is 0.543. The number of hydrogen-bond acceptors (Lipinski definition) is 3. The molecule has 0 spiro atoms. The van der Waals surface area contributed by atoms with E-state index in [2.05, 4.69) is 25.9 Å².